The number of carbonyl (C=O) groups excluding carboxylic acids is 2. The SMILES string of the molecule is Cl.O=C(c1cc(-c2cc3c(cc2C(=O)N2Cc4ccccc4C[C@H]2CCN2CCOCC2)OCO3)n2c1CCCC2)N(c1ccccc1)c1cccc(F)c1. The maximum Gasteiger partial charge on any atom is 0.264 e. The third-order valence-corrected chi connectivity index (χ3v) is 11.3. The van der Waals surface area contributed by atoms with Crippen LogP contribution in [0.5, 0.6) is 11.5 Å². The number of benzene rings is 4. The number of fused-ring (bicyclic) bond motifs is 3. The molecule has 0 aliphatic carbocycles. The van der Waals surface area contributed by atoms with Crippen LogP contribution in [0.1, 0.15) is 56.8 Å². The molecule has 5 heterocycles. The Labute approximate surface area is 326 Å². The summed E-state index contributed by atoms with van der Waals surface area (Å²) in [6, 6.07) is 29.5. The van der Waals surface area contributed by atoms with E-state index in [1.165, 1.54) is 17.7 Å². The summed E-state index contributed by atoms with van der Waals surface area (Å²) in [5.41, 5.74) is 6.96. The van der Waals surface area contributed by atoms with E-state index >= 15 is 4.79 Å². The van der Waals surface area contributed by atoms with Gasteiger partial charge < -0.3 is 23.7 Å². The lowest BCUT2D eigenvalue weighted by Crippen LogP contribution is -2.47. The molecule has 1 aromatic heterocycles. The highest BCUT2D eigenvalue weighted by molar-refractivity contribution is 6.12. The number of halogens is 2. The lowest BCUT2D eigenvalue weighted by molar-refractivity contribution is 0.0308. The average molecular weight is 763 g/mol. The Kier molecular flexibility index (Phi) is 10.6. The predicted octanol–water partition coefficient (Wildman–Crippen LogP) is 8.05. The van der Waals surface area contributed by atoms with Crippen molar-refractivity contribution in [2.45, 2.75) is 51.2 Å². The molecular weight excluding hydrogens is 719 g/mol. The Morgan fingerprint density at radius 3 is 2.33 bits per heavy atom. The number of carbonyl (C=O) groups is 2. The van der Waals surface area contributed by atoms with Gasteiger partial charge in [0.1, 0.15) is 5.82 Å². The van der Waals surface area contributed by atoms with Crippen LogP contribution in [0.3, 0.4) is 0 Å². The van der Waals surface area contributed by atoms with Gasteiger partial charge in [-0.25, -0.2) is 4.39 Å². The summed E-state index contributed by atoms with van der Waals surface area (Å²) in [5.74, 6) is 0.350. The standard InChI is InChI=1S/C44H43FN4O5.ClH/c45-32-11-8-14-35(24-32)49(33-12-2-1-3-13-33)44(51)38-25-40(47-17-7-6-15-39(38)47)36-26-41-42(54-29-53-41)27-37(36)43(50)48-28-31-10-5-4-9-30(31)23-34(48)16-18-46-19-21-52-22-20-46;/h1-5,8-14,24-27,34H,6-7,15-23,28-29H2;1H/t34-;/m1./s1. The molecule has 2 amide bonds. The van der Waals surface area contributed by atoms with Gasteiger partial charge in [0.2, 0.25) is 6.79 Å². The van der Waals surface area contributed by atoms with Gasteiger partial charge >= 0.3 is 0 Å². The summed E-state index contributed by atoms with van der Waals surface area (Å²) >= 11 is 0. The molecule has 0 radical (unpaired) electrons. The van der Waals surface area contributed by atoms with Crippen molar-refractivity contribution in [3.8, 4) is 22.8 Å². The summed E-state index contributed by atoms with van der Waals surface area (Å²) in [5, 5.41) is 0. The maximum absolute atomic E-state index is 15.2. The van der Waals surface area contributed by atoms with E-state index in [4.69, 9.17) is 14.2 Å². The minimum atomic E-state index is -0.423. The second-order valence-electron chi connectivity index (χ2n) is 14.5. The lowest BCUT2D eigenvalue weighted by Gasteiger charge is -2.39. The third kappa shape index (κ3) is 7.22. The Morgan fingerprint density at radius 2 is 1.53 bits per heavy atom. The van der Waals surface area contributed by atoms with Gasteiger partial charge in [-0.3, -0.25) is 19.4 Å². The molecular formula is C44H44ClFN4O5. The highest BCUT2D eigenvalue weighted by Crippen LogP contribution is 2.43. The molecule has 0 N–H and O–H groups in total. The molecule has 55 heavy (non-hydrogen) atoms. The molecule has 0 bridgehead atoms. The Hall–Kier alpha value is -5.16. The maximum atomic E-state index is 15.2. The number of hydrogen-bond acceptors (Lipinski definition) is 6. The van der Waals surface area contributed by atoms with Crippen molar-refractivity contribution < 1.29 is 28.2 Å². The first-order valence-corrected chi connectivity index (χ1v) is 19.0. The molecule has 11 heteroatoms. The van der Waals surface area contributed by atoms with E-state index in [1.807, 2.05) is 59.5 Å². The fourth-order valence-corrected chi connectivity index (χ4v) is 8.51. The van der Waals surface area contributed by atoms with Gasteiger partial charge in [0.25, 0.3) is 11.8 Å². The van der Waals surface area contributed by atoms with Gasteiger partial charge in [0, 0.05) is 61.4 Å². The van der Waals surface area contributed by atoms with Crippen LogP contribution in [0.2, 0.25) is 0 Å². The minimum Gasteiger partial charge on any atom is -0.454 e. The molecule has 4 aliphatic heterocycles. The Balaban J connectivity index is 0.00000427. The second-order valence-corrected chi connectivity index (χ2v) is 14.5. The van der Waals surface area contributed by atoms with Crippen LogP contribution >= 0.6 is 12.4 Å². The minimum absolute atomic E-state index is 0. The normalized spacial score (nSPS) is 17.5. The Morgan fingerprint density at radius 1 is 0.782 bits per heavy atom. The number of aromatic nitrogens is 1. The van der Waals surface area contributed by atoms with E-state index in [2.05, 4.69) is 27.7 Å². The number of morpholine rings is 1. The van der Waals surface area contributed by atoms with Crippen LogP contribution in [-0.4, -0.2) is 71.9 Å². The van der Waals surface area contributed by atoms with E-state index in [9.17, 15) is 9.18 Å². The fraction of sp³-hybridized carbons (Fsp3) is 0.318. The Bertz CT molecular complexity index is 2200. The first-order valence-electron chi connectivity index (χ1n) is 19.0. The van der Waals surface area contributed by atoms with Crippen molar-refractivity contribution in [3.05, 3.63) is 131 Å². The van der Waals surface area contributed by atoms with Crippen LogP contribution in [0, 0.1) is 5.82 Å². The zero-order valence-electron chi connectivity index (χ0n) is 30.6. The molecule has 9 rings (SSSR count). The largest absolute Gasteiger partial charge is 0.454 e. The van der Waals surface area contributed by atoms with Gasteiger partial charge in [-0.05, 0) is 91.8 Å². The number of hydrogen-bond donors (Lipinski definition) is 0. The first-order chi connectivity index (χ1) is 26.5. The number of nitrogens with zero attached hydrogens (tertiary/aromatic N) is 4. The lowest BCUT2D eigenvalue weighted by atomic mass is 9.90. The quantitative estimate of drug-likeness (QED) is 0.159. The fourth-order valence-electron chi connectivity index (χ4n) is 8.51. The van der Waals surface area contributed by atoms with Crippen molar-refractivity contribution in [2.75, 3.05) is 44.5 Å². The van der Waals surface area contributed by atoms with Crippen LogP contribution in [-0.2, 0) is 30.7 Å². The highest BCUT2D eigenvalue weighted by atomic mass is 35.5. The molecule has 0 spiro atoms. The predicted molar refractivity (Wildman–Crippen MR) is 211 cm³/mol. The van der Waals surface area contributed by atoms with E-state index in [0.717, 1.165) is 75.5 Å². The molecule has 284 valence electrons. The van der Waals surface area contributed by atoms with Crippen molar-refractivity contribution in [3.63, 3.8) is 0 Å². The van der Waals surface area contributed by atoms with Gasteiger partial charge in [-0.15, -0.1) is 12.4 Å². The molecule has 4 aliphatic rings. The number of amides is 2. The molecule has 1 fully saturated rings. The van der Waals surface area contributed by atoms with E-state index in [0.29, 0.717) is 59.1 Å². The van der Waals surface area contributed by atoms with Crippen molar-refractivity contribution in [1.82, 2.24) is 14.4 Å². The smallest absolute Gasteiger partial charge is 0.264 e. The number of anilines is 2. The molecule has 0 saturated carbocycles. The van der Waals surface area contributed by atoms with Gasteiger partial charge in [-0.2, -0.15) is 0 Å². The summed E-state index contributed by atoms with van der Waals surface area (Å²) in [6.07, 6.45) is 4.19. The molecule has 9 nitrogen and oxygen atoms in total. The first kappa shape index (κ1) is 36.8. The summed E-state index contributed by atoms with van der Waals surface area (Å²) < 4.78 is 34.2. The van der Waals surface area contributed by atoms with E-state index < -0.39 is 5.82 Å². The number of ether oxygens (including phenoxy) is 3. The van der Waals surface area contributed by atoms with Crippen molar-refractivity contribution >= 4 is 35.6 Å². The van der Waals surface area contributed by atoms with Crippen LogP contribution < -0.4 is 14.4 Å². The average Bonchev–Trinajstić information content (AvgIpc) is 3.84. The molecule has 1 atom stereocenters. The topological polar surface area (TPSA) is 76.5 Å². The van der Waals surface area contributed by atoms with Gasteiger partial charge in [-0.1, -0.05) is 48.5 Å². The monoisotopic (exact) mass is 762 g/mol. The van der Waals surface area contributed by atoms with Crippen molar-refractivity contribution in [1.29, 1.82) is 0 Å². The van der Waals surface area contributed by atoms with Crippen LogP contribution in [0.15, 0.2) is 97.1 Å². The van der Waals surface area contributed by atoms with Crippen LogP contribution in [0.25, 0.3) is 11.3 Å². The second kappa shape index (κ2) is 15.9. The van der Waals surface area contributed by atoms with Crippen LogP contribution in [0.4, 0.5) is 15.8 Å². The molecule has 4 aromatic carbocycles. The van der Waals surface area contributed by atoms with E-state index in [-0.39, 0.29) is 37.1 Å². The summed E-state index contributed by atoms with van der Waals surface area (Å²) in [7, 11) is 0. The zero-order chi connectivity index (χ0) is 36.6. The van der Waals surface area contributed by atoms with Gasteiger partial charge in [0.05, 0.1) is 30.0 Å². The number of para-hydroxylation sites is 1. The molecule has 5 aromatic rings. The molecule has 1 saturated heterocycles. The van der Waals surface area contributed by atoms with Crippen molar-refractivity contribution in [2.24, 2.45) is 0 Å². The van der Waals surface area contributed by atoms with E-state index in [1.54, 1.807) is 17.0 Å². The number of rotatable bonds is 8. The van der Waals surface area contributed by atoms with Gasteiger partial charge in [0.15, 0.2) is 11.5 Å². The third-order valence-electron chi connectivity index (χ3n) is 11.3. The summed E-state index contributed by atoms with van der Waals surface area (Å²) in [4.78, 5) is 36.0. The summed E-state index contributed by atoms with van der Waals surface area (Å²) in [6.45, 7) is 5.41. The zero-order valence-corrected chi connectivity index (χ0v) is 31.4. The molecule has 0 unspecified atom stereocenters. The highest BCUT2D eigenvalue weighted by Gasteiger charge is 2.35.